The van der Waals surface area contributed by atoms with Crippen molar-refractivity contribution in [2.45, 2.75) is 25.3 Å². The Hall–Kier alpha value is -2.13. The molecule has 1 aromatic heterocycles. The van der Waals surface area contributed by atoms with Crippen molar-refractivity contribution in [3.63, 3.8) is 0 Å². The van der Waals surface area contributed by atoms with Gasteiger partial charge in [0.2, 0.25) is 0 Å². The summed E-state index contributed by atoms with van der Waals surface area (Å²) < 4.78 is 0. The number of nitrogens with two attached hydrogens (primary N) is 1. The number of hydrogen-bond acceptors (Lipinski definition) is 5. The van der Waals surface area contributed by atoms with E-state index in [1.54, 1.807) is 17.0 Å². The Bertz CT molecular complexity index is 478. The first-order valence-corrected chi connectivity index (χ1v) is 5.87. The predicted molar refractivity (Wildman–Crippen MR) is 66.3 cm³/mol. The van der Waals surface area contributed by atoms with Crippen molar-refractivity contribution in [3.05, 3.63) is 24.0 Å². The second-order valence-electron chi connectivity index (χ2n) is 4.21. The maximum absolute atomic E-state index is 12.3. The largest absolute Gasteiger partial charge is 0.333 e. The van der Waals surface area contributed by atoms with Crippen LogP contribution in [0.2, 0.25) is 0 Å². The number of pyridine rings is 1. The quantitative estimate of drug-likeness (QED) is 0.593. The Morgan fingerprint density at radius 2 is 2.44 bits per heavy atom. The number of aromatic nitrogens is 1. The van der Waals surface area contributed by atoms with Crippen molar-refractivity contribution >= 4 is 11.6 Å². The van der Waals surface area contributed by atoms with Gasteiger partial charge in [-0.25, -0.2) is 0 Å². The molecule has 0 aliphatic heterocycles. The lowest BCUT2D eigenvalue weighted by atomic mass is 10.2. The standard InChI is InChI=1S/C12H15N5O/c13-5-1-7-17(10-2-3-10)12(18)11-8-9(16-14)4-6-15-11/h4,6,8,10H,1-3,7,14H2,(H,15,16). The van der Waals surface area contributed by atoms with Gasteiger partial charge in [-0.1, -0.05) is 0 Å². The van der Waals surface area contributed by atoms with Gasteiger partial charge in [0.05, 0.1) is 18.2 Å². The molecule has 1 fully saturated rings. The third kappa shape index (κ3) is 2.76. The lowest BCUT2D eigenvalue weighted by Gasteiger charge is -2.20. The average Bonchev–Trinajstić information content (AvgIpc) is 3.23. The van der Waals surface area contributed by atoms with Crippen LogP contribution in [0.25, 0.3) is 0 Å². The minimum Gasteiger partial charge on any atom is -0.333 e. The molecule has 3 N–H and O–H groups in total. The molecule has 1 saturated carbocycles. The minimum atomic E-state index is -0.134. The molecule has 94 valence electrons. The summed E-state index contributed by atoms with van der Waals surface area (Å²) >= 11 is 0. The van der Waals surface area contributed by atoms with E-state index < -0.39 is 0 Å². The van der Waals surface area contributed by atoms with Crippen molar-refractivity contribution < 1.29 is 4.79 Å². The molecular weight excluding hydrogens is 230 g/mol. The highest BCUT2D eigenvalue weighted by molar-refractivity contribution is 5.93. The molecule has 1 aliphatic carbocycles. The van der Waals surface area contributed by atoms with Crippen LogP contribution in [0, 0.1) is 11.3 Å². The molecule has 2 rings (SSSR count). The number of anilines is 1. The molecule has 6 nitrogen and oxygen atoms in total. The summed E-state index contributed by atoms with van der Waals surface area (Å²) in [6.07, 6.45) is 3.90. The van der Waals surface area contributed by atoms with Crippen LogP contribution in [0.4, 0.5) is 5.69 Å². The van der Waals surface area contributed by atoms with Crippen LogP contribution in [0.15, 0.2) is 18.3 Å². The second kappa shape index (κ2) is 5.47. The van der Waals surface area contributed by atoms with Gasteiger partial charge in [-0.15, -0.1) is 0 Å². The SMILES string of the molecule is N#CCCN(C(=O)c1cc(NN)ccn1)C1CC1. The van der Waals surface area contributed by atoms with E-state index in [0.29, 0.717) is 24.3 Å². The van der Waals surface area contributed by atoms with Crippen LogP contribution < -0.4 is 11.3 Å². The van der Waals surface area contributed by atoms with E-state index >= 15 is 0 Å². The maximum Gasteiger partial charge on any atom is 0.272 e. The number of carbonyl (C=O) groups excluding carboxylic acids is 1. The van der Waals surface area contributed by atoms with Crippen LogP contribution in [0.3, 0.4) is 0 Å². The molecule has 1 amide bonds. The Morgan fingerprint density at radius 3 is 3.06 bits per heavy atom. The third-order valence-corrected chi connectivity index (χ3v) is 2.86. The number of rotatable bonds is 5. The molecule has 0 aromatic carbocycles. The minimum absolute atomic E-state index is 0.134. The first-order chi connectivity index (χ1) is 8.76. The van der Waals surface area contributed by atoms with Gasteiger partial charge in [-0.2, -0.15) is 5.26 Å². The number of nitrogen functional groups attached to an aromatic ring is 1. The number of amides is 1. The average molecular weight is 245 g/mol. The smallest absolute Gasteiger partial charge is 0.272 e. The Labute approximate surface area is 105 Å². The second-order valence-corrected chi connectivity index (χ2v) is 4.21. The van der Waals surface area contributed by atoms with Gasteiger partial charge in [0.25, 0.3) is 5.91 Å². The zero-order chi connectivity index (χ0) is 13.0. The number of nitriles is 1. The molecule has 1 heterocycles. The monoisotopic (exact) mass is 245 g/mol. The maximum atomic E-state index is 12.3. The van der Waals surface area contributed by atoms with E-state index in [1.165, 1.54) is 6.20 Å². The molecule has 6 heteroatoms. The van der Waals surface area contributed by atoms with Gasteiger partial charge >= 0.3 is 0 Å². The Kier molecular flexibility index (Phi) is 3.75. The van der Waals surface area contributed by atoms with E-state index in [4.69, 9.17) is 11.1 Å². The van der Waals surface area contributed by atoms with Crippen molar-refractivity contribution in [2.75, 3.05) is 12.0 Å². The summed E-state index contributed by atoms with van der Waals surface area (Å²) in [6.45, 7) is 0.460. The Balaban J connectivity index is 2.14. The zero-order valence-electron chi connectivity index (χ0n) is 9.97. The highest BCUT2D eigenvalue weighted by atomic mass is 16.2. The third-order valence-electron chi connectivity index (χ3n) is 2.86. The molecule has 0 bridgehead atoms. The lowest BCUT2D eigenvalue weighted by molar-refractivity contribution is 0.0741. The summed E-state index contributed by atoms with van der Waals surface area (Å²) in [5.41, 5.74) is 3.49. The van der Waals surface area contributed by atoms with Crippen LogP contribution in [-0.2, 0) is 0 Å². The molecule has 0 radical (unpaired) electrons. The molecule has 18 heavy (non-hydrogen) atoms. The summed E-state index contributed by atoms with van der Waals surface area (Å²) in [6, 6.07) is 5.63. The van der Waals surface area contributed by atoms with Gasteiger partial charge in [0.15, 0.2) is 0 Å². The van der Waals surface area contributed by atoms with E-state index in [-0.39, 0.29) is 11.9 Å². The fraction of sp³-hybridized carbons (Fsp3) is 0.417. The molecule has 1 aliphatic rings. The fourth-order valence-electron chi connectivity index (χ4n) is 1.79. The topological polar surface area (TPSA) is 95.0 Å². The van der Waals surface area contributed by atoms with E-state index in [2.05, 4.69) is 16.5 Å². The van der Waals surface area contributed by atoms with Crippen LogP contribution in [-0.4, -0.2) is 28.4 Å². The Morgan fingerprint density at radius 1 is 1.67 bits per heavy atom. The molecule has 0 atom stereocenters. The van der Waals surface area contributed by atoms with Gasteiger partial charge in [0, 0.05) is 18.8 Å². The van der Waals surface area contributed by atoms with Crippen LogP contribution in [0.5, 0.6) is 0 Å². The van der Waals surface area contributed by atoms with Crippen LogP contribution in [0.1, 0.15) is 29.8 Å². The number of carbonyl (C=O) groups is 1. The number of hydrogen-bond donors (Lipinski definition) is 2. The first-order valence-electron chi connectivity index (χ1n) is 5.87. The van der Waals surface area contributed by atoms with E-state index in [9.17, 15) is 4.79 Å². The zero-order valence-corrected chi connectivity index (χ0v) is 9.97. The summed E-state index contributed by atoms with van der Waals surface area (Å²) in [4.78, 5) is 18.1. The van der Waals surface area contributed by atoms with Crippen molar-refractivity contribution in [1.29, 1.82) is 5.26 Å². The number of nitrogens with one attached hydrogen (secondary N) is 1. The van der Waals surface area contributed by atoms with Gasteiger partial charge < -0.3 is 10.3 Å². The molecule has 1 aromatic rings. The first kappa shape index (κ1) is 12.3. The van der Waals surface area contributed by atoms with Gasteiger partial charge in [0.1, 0.15) is 5.69 Å². The fourth-order valence-corrected chi connectivity index (χ4v) is 1.79. The summed E-state index contributed by atoms with van der Waals surface area (Å²) in [5.74, 6) is 5.17. The van der Waals surface area contributed by atoms with Crippen LogP contribution >= 0.6 is 0 Å². The lowest BCUT2D eigenvalue weighted by Crippen LogP contribution is -2.34. The molecule has 0 saturated heterocycles. The highest BCUT2D eigenvalue weighted by Gasteiger charge is 2.33. The molecular formula is C12H15N5O. The normalized spacial score (nSPS) is 13.8. The summed E-state index contributed by atoms with van der Waals surface area (Å²) in [5, 5.41) is 8.62. The number of nitrogens with zero attached hydrogens (tertiary/aromatic N) is 3. The highest BCUT2D eigenvalue weighted by Crippen LogP contribution is 2.28. The number of hydrazine groups is 1. The van der Waals surface area contributed by atoms with E-state index in [1.807, 2.05) is 0 Å². The van der Waals surface area contributed by atoms with Gasteiger partial charge in [-0.3, -0.25) is 15.6 Å². The van der Waals surface area contributed by atoms with Crippen molar-refractivity contribution in [3.8, 4) is 6.07 Å². The van der Waals surface area contributed by atoms with Crippen molar-refractivity contribution in [1.82, 2.24) is 9.88 Å². The molecule has 0 spiro atoms. The predicted octanol–water partition coefficient (Wildman–Crippen LogP) is 0.885. The van der Waals surface area contributed by atoms with Gasteiger partial charge in [-0.05, 0) is 25.0 Å². The summed E-state index contributed by atoms with van der Waals surface area (Å²) in [7, 11) is 0. The molecule has 0 unspecified atom stereocenters. The van der Waals surface area contributed by atoms with E-state index in [0.717, 1.165) is 12.8 Å². The van der Waals surface area contributed by atoms with Crippen molar-refractivity contribution in [2.24, 2.45) is 5.84 Å².